The van der Waals surface area contributed by atoms with Crippen LogP contribution in [0.25, 0.3) is 0 Å². The summed E-state index contributed by atoms with van der Waals surface area (Å²) in [5, 5.41) is 0. The molecule has 0 aromatic rings. The predicted octanol–water partition coefficient (Wildman–Crippen LogP) is -0.0274. The van der Waals surface area contributed by atoms with Gasteiger partial charge < -0.3 is 15.4 Å². The quantitative estimate of drug-likeness (QED) is 0.627. The number of hydrogen-bond donors (Lipinski definition) is 1. The SMILES string of the molecule is CC(=O)N1CCC[C@H]1COCCN. The fourth-order valence-electron chi connectivity index (χ4n) is 1.73. The molecule has 2 N–H and O–H groups in total. The predicted molar refractivity (Wildman–Crippen MR) is 50.3 cm³/mol. The topological polar surface area (TPSA) is 55.6 Å². The van der Waals surface area contributed by atoms with Gasteiger partial charge in [0.25, 0.3) is 0 Å². The van der Waals surface area contributed by atoms with Gasteiger partial charge in [0, 0.05) is 20.0 Å². The van der Waals surface area contributed by atoms with Gasteiger partial charge in [-0.05, 0) is 12.8 Å². The summed E-state index contributed by atoms with van der Waals surface area (Å²) in [5.41, 5.74) is 5.30. The molecule has 0 aromatic heterocycles. The number of nitrogens with two attached hydrogens (primary N) is 1. The van der Waals surface area contributed by atoms with Crippen LogP contribution < -0.4 is 5.73 Å². The van der Waals surface area contributed by atoms with Crippen molar-refractivity contribution in [1.29, 1.82) is 0 Å². The molecule has 0 spiro atoms. The van der Waals surface area contributed by atoms with E-state index >= 15 is 0 Å². The van der Waals surface area contributed by atoms with Crippen LogP contribution in [0.1, 0.15) is 19.8 Å². The fraction of sp³-hybridized carbons (Fsp3) is 0.889. The molecule has 0 aliphatic carbocycles. The highest BCUT2D eigenvalue weighted by Crippen LogP contribution is 2.17. The van der Waals surface area contributed by atoms with Gasteiger partial charge in [0.1, 0.15) is 0 Å². The molecule has 4 heteroatoms. The Kier molecular flexibility index (Phi) is 4.18. The van der Waals surface area contributed by atoms with Crippen LogP contribution in [0.3, 0.4) is 0 Å². The molecule has 1 rings (SSSR count). The fourth-order valence-corrected chi connectivity index (χ4v) is 1.73. The molecule has 1 atom stereocenters. The molecule has 1 aliphatic heterocycles. The first-order valence-corrected chi connectivity index (χ1v) is 4.80. The van der Waals surface area contributed by atoms with Gasteiger partial charge in [0.2, 0.25) is 5.91 Å². The molecule has 0 saturated carbocycles. The maximum Gasteiger partial charge on any atom is 0.219 e. The maximum atomic E-state index is 11.1. The van der Waals surface area contributed by atoms with Crippen LogP contribution in [0.4, 0.5) is 0 Å². The smallest absolute Gasteiger partial charge is 0.219 e. The standard InChI is InChI=1S/C9H18N2O2/c1-8(12)11-5-2-3-9(11)7-13-6-4-10/h9H,2-7,10H2,1H3/t9-/m0/s1. The summed E-state index contributed by atoms with van der Waals surface area (Å²) >= 11 is 0. The summed E-state index contributed by atoms with van der Waals surface area (Å²) < 4.78 is 5.33. The van der Waals surface area contributed by atoms with E-state index in [1.807, 2.05) is 4.90 Å². The van der Waals surface area contributed by atoms with E-state index in [0.717, 1.165) is 19.4 Å². The maximum absolute atomic E-state index is 11.1. The van der Waals surface area contributed by atoms with Gasteiger partial charge >= 0.3 is 0 Å². The van der Waals surface area contributed by atoms with E-state index in [9.17, 15) is 4.79 Å². The molecule has 76 valence electrons. The van der Waals surface area contributed by atoms with E-state index in [1.165, 1.54) is 0 Å². The number of carbonyl (C=O) groups excluding carboxylic acids is 1. The van der Waals surface area contributed by atoms with Crippen molar-refractivity contribution >= 4 is 5.91 Å². The van der Waals surface area contributed by atoms with Crippen molar-refractivity contribution in [3.05, 3.63) is 0 Å². The van der Waals surface area contributed by atoms with Gasteiger partial charge in [-0.2, -0.15) is 0 Å². The molecule has 0 radical (unpaired) electrons. The van der Waals surface area contributed by atoms with Crippen molar-refractivity contribution in [2.45, 2.75) is 25.8 Å². The number of nitrogens with zero attached hydrogens (tertiary/aromatic N) is 1. The van der Waals surface area contributed by atoms with E-state index in [4.69, 9.17) is 10.5 Å². The first-order valence-electron chi connectivity index (χ1n) is 4.80. The largest absolute Gasteiger partial charge is 0.378 e. The van der Waals surface area contributed by atoms with Crippen LogP contribution in [0.2, 0.25) is 0 Å². The van der Waals surface area contributed by atoms with Gasteiger partial charge in [-0.3, -0.25) is 4.79 Å². The van der Waals surface area contributed by atoms with Crippen LogP contribution in [0, 0.1) is 0 Å². The average molecular weight is 186 g/mol. The molecule has 13 heavy (non-hydrogen) atoms. The Morgan fingerprint density at radius 2 is 2.46 bits per heavy atom. The first kappa shape index (κ1) is 10.5. The number of rotatable bonds is 4. The zero-order valence-electron chi connectivity index (χ0n) is 8.16. The minimum atomic E-state index is 0.152. The normalized spacial score (nSPS) is 22.3. The van der Waals surface area contributed by atoms with Crippen LogP contribution in [-0.2, 0) is 9.53 Å². The summed E-state index contributed by atoms with van der Waals surface area (Å²) in [6.45, 7) is 4.26. The van der Waals surface area contributed by atoms with Gasteiger partial charge in [-0.15, -0.1) is 0 Å². The molecule has 0 bridgehead atoms. The summed E-state index contributed by atoms with van der Waals surface area (Å²) in [4.78, 5) is 13.0. The minimum Gasteiger partial charge on any atom is -0.378 e. The number of likely N-dealkylation sites (tertiary alicyclic amines) is 1. The average Bonchev–Trinajstić information content (AvgIpc) is 2.53. The molecule has 1 amide bonds. The van der Waals surface area contributed by atoms with Crippen LogP contribution >= 0.6 is 0 Å². The van der Waals surface area contributed by atoms with Gasteiger partial charge in [0.05, 0.1) is 19.3 Å². The Morgan fingerprint density at radius 3 is 3.08 bits per heavy atom. The summed E-state index contributed by atoms with van der Waals surface area (Å²) in [5.74, 6) is 0.152. The second-order valence-electron chi connectivity index (χ2n) is 3.37. The summed E-state index contributed by atoms with van der Waals surface area (Å²) in [6, 6.07) is 0.282. The van der Waals surface area contributed by atoms with E-state index in [1.54, 1.807) is 6.92 Å². The molecule has 0 unspecified atom stereocenters. The van der Waals surface area contributed by atoms with Crippen molar-refractivity contribution in [2.75, 3.05) is 26.3 Å². The van der Waals surface area contributed by atoms with Gasteiger partial charge in [-0.1, -0.05) is 0 Å². The Hall–Kier alpha value is -0.610. The van der Waals surface area contributed by atoms with Crippen molar-refractivity contribution < 1.29 is 9.53 Å². The van der Waals surface area contributed by atoms with E-state index in [2.05, 4.69) is 0 Å². The van der Waals surface area contributed by atoms with Crippen molar-refractivity contribution in [3.63, 3.8) is 0 Å². The van der Waals surface area contributed by atoms with E-state index in [-0.39, 0.29) is 11.9 Å². The van der Waals surface area contributed by atoms with Gasteiger partial charge in [-0.25, -0.2) is 0 Å². The third kappa shape index (κ3) is 2.97. The summed E-state index contributed by atoms with van der Waals surface area (Å²) in [7, 11) is 0. The zero-order valence-corrected chi connectivity index (χ0v) is 8.16. The number of ether oxygens (including phenoxy) is 1. The molecule has 1 saturated heterocycles. The third-order valence-electron chi connectivity index (χ3n) is 2.35. The lowest BCUT2D eigenvalue weighted by Gasteiger charge is -2.22. The van der Waals surface area contributed by atoms with Crippen LogP contribution in [0.5, 0.6) is 0 Å². The van der Waals surface area contributed by atoms with E-state index < -0.39 is 0 Å². The lowest BCUT2D eigenvalue weighted by atomic mass is 10.2. The molecular formula is C9H18N2O2. The molecule has 0 aromatic carbocycles. The van der Waals surface area contributed by atoms with Gasteiger partial charge in [0.15, 0.2) is 0 Å². The number of amides is 1. The minimum absolute atomic E-state index is 0.152. The second-order valence-corrected chi connectivity index (χ2v) is 3.37. The highest BCUT2D eigenvalue weighted by molar-refractivity contribution is 5.73. The lowest BCUT2D eigenvalue weighted by Crippen LogP contribution is -2.37. The van der Waals surface area contributed by atoms with Crippen molar-refractivity contribution in [2.24, 2.45) is 5.73 Å². The highest BCUT2D eigenvalue weighted by atomic mass is 16.5. The summed E-state index contributed by atoms with van der Waals surface area (Å²) in [6.07, 6.45) is 2.15. The zero-order chi connectivity index (χ0) is 9.68. The highest BCUT2D eigenvalue weighted by Gasteiger charge is 2.26. The van der Waals surface area contributed by atoms with Crippen molar-refractivity contribution in [3.8, 4) is 0 Å². The monoisotopic (exact) mass is 186 g/mol. The molecular weight excluding hydrogens is 168 g/mol. The van der Waals surface area contributed by atoms with Crippen LogP contribution in [0.15, 0.2) is 0 Å². The third-order valence-corrected chi connectivity index (χ3v) is 2.35. The molecule has 1 fully saturated rings. The Balaban J connectivity index is 2.27. The number of carbonyl (C=O) groups is 1. The van der Waals surface area contributed by atoms with E-state index in [0.29, 0.717) is 19.8 Å². The number of hydrogen-bond acceptors (Lipinski definition) is 3. The molecule has 4 nitrogen and oxygen atoms in total. The molecule has 1 heterocycles. The Labute approximate surface area is 79.0 Å². The molecule has 1 aliphatic rings. The lowest BCUT2D eigenvalue weighted by molar-refractivity contribution is -0.130. The van der Waals surface area contributed by atoms with Crippen molar-refractivity contribution in [1.82, 2.24) is 4.90 Å². The Bertz CT molecular complexity index is 173. The second kappa shape index (κ2) is 5.19. The Morgan fingerprint density at radius 1 is 1.69 bits per heavy atom. The van der Waals surface area contributed by atoms with Crippen LogP contribution in [-0.4, -0.2) is 43.2 Å². The first-order chi connectivity index (χ1) is 6.25.